The highest BCUT2D eigenvalue weighted by atomic mass is 79.9. The molecule has 0 aliphatic rings. The van der Waals surface area contributed by atoms with Crippen molar-refractivity contribution < 1.29 is 0 Å². The molecule has 0 spiro atoms. The van der Waals surface area contributed by atoms with Crippen molar-refractivity contribution in [3.05, 3.63) is 52.6 Å². The number of nitrogens with zero attached hydrogens (tertiary/aromatic N) is 2. The summed E-state index contributed by atoms with van der Waals surface area (Å²) in [6.07, 6.45) is 1.82. The monoisotopic (exact) mass is 305 g/mol. The van der Waals surface area contributed by atoms with E-state index in [-0.39, 0.29) is 0 Å². The molecule has 0 saturated heterocycles. The number of hydrogen-bond donors (Lipinski definition) is 1. The van der Waals surface area contributed by atoms with Gasteiger partial charge in [-0.3, -0.25) is 0 Å². The number of aromatic nitrogens is 1. The summed E-state index contributed by atoms with van der Waals surface area (Å²) in [7, 11) is 0. The van der Waals surface area contributed by atoms with Gasteiger partial charge in [-0.25, -0.2) is 4.98 Å². The molecule has 0 radical (unpaired) electrons. The summed E-state index contributed by atoms with van der Waals surface area (Å²) < 4.78 is 0.992. The molecule has 3 nitrogen and oxygen atoms in total. The van der Waals surface area contributed by atoms with Crippen molar-refractivity contribution in [3.8, 4) is 0 Å². The smallest absolute Gasteiger partial charge is 0.128 e. The molecule has 94 valence electrons. The fraction of sp³-hybridized carbons (Fsp3) is 0.214. The lowest BCUT2D eigenvalue weighted by molar-refractivity contribution is 0.813. The third kappa shape index (κ3) is 3.23. The zero-order chi connectivity index (χ0) is 13.0. The summed E-state index contributed by atoms with van der Waals surface area (Å²) in [5.74, 6) is 0.975. The summed E-state index contributed by atoms with van der Waals surface area (Å²) in [5, 5.41) is 0. The van der Waals surface area contributed by atoms with Gasteiger partial charge >= 0.3 is 0 Å². The van der Waals surface area contributed by atoms with Crippen molar-refractivity contribution in [3.63, 3.8) is 0 Å². The molecule has 0 aliphatic heterocycles. The van der Waals surface area contributed by atoms with Crippen LogP contribution in [0.25, 0.3) is 0 Å². The Bertz CT molecular complexity index is 511. The molecule has 1 heterocycles. The van der Waals surface area contributed by atoms with Gasteiger partial charge in [0.2, 0.25) is 0 Å². The van der Waals surface area contributed by atoms with Crippen LogP contribution in [0.4, 0.5) is 11.5 Å². The van der Waals surface area contributed by atoms with Gasteiger partial charge in [-0.15, -0.1) is 0 Å². The Kier molecular flexibility index (Phi) is 4.20. The molecule has 0 fully saturated rings. The van der Waals surface area contributed by atoms with E-state index in [4.69, 9.17) is 5.73 Å². The first-order valence-electron chi connectivity index (χ1n) is 5.90. The van der Waals surface area contributed by atoms with E-state index in [1.165, 1.54) is 5.56 Å². The minimum atomic E-state index is 0.798. The second-order valence-electron chi connectivity index (χ2n) is 4.09. The van der Waals surface area contributed by atoms with E-state index in [2.05, 4.69) is 38.8 Å². The maximum atomic E-state index is 5.79. The summed E-state index contributed by atoms with van der Waals surface area (Å²) in [6, 6.07) is 12.0. The number of nitrogens with two attached hydrogens (primary N) is 1. The normalized spacial score (nSPS) is 10.3. The van der Waals surface area contributed by atoms with Crippen LogP contribution in [0.5, 0.6) is 0 Å². The molecule has 1 aromatic carbocycles. The SMILES string of the molecule is CCN(Cc1cccc(N)c1)c1ccc(Br)cn1. The van der Waals surface area contributed by atoms with Gasteiger partial charge in [0.05, 0.1) is 0 Å². The Morgan fingerprint density at radius 2 is 2.11 bits per heavy atom. The van der Waals surface area contributed by atoms with Crippen molar-refractivity contribution in [1.82, 2.24) is 4.98 Å². The van der Waals surface area contributed by atoms with Crippen LogP contribution in [0.2, 0.25) is 0 Å². The summed E-state index contributed by atoms with van der Waals surface area (Å²) in [4.78, 5) is 6.63. The predicted molar refractivity (Wildman–Crippen MR) is 79.5 cm³/mol. The van der Waals surface area contributed by atoms with Gasteiger partial charge in [0.15, 0.2) is 0 Å². The molecule has 0 amide bonds. The van der Waals surface area contributed by atoms with Crippen LogP contribution in [0.1, 0.15) is 12.5 Å². The fourth-order valence-electron chi connectivity index (χ4n) is 1.82. The van der Waals surface area contributed by atoms with E-state index in [0.717, 1.165) is 29.1 Å². The van der Waals surface area contributed by atoms with E-state index in [0.29, 0.717) is 0 Å². The third-order valence-corrected chi connectivity index (χ3v) is 3.21. The minimum absolute atomic E-state index is 0.798. The van der Waals surface area contributed by atoms with Gasteiger partial charge < -0.3 is 10.6 Å². The molecular weight excluding hydrogens is 290 g/mol. The molecular formula is C14H16BrN3. The fourth-order valence-corrected chi connectivity index (χ4v) is 2.06. The van der Waals surface area contributed by atoms with Gasteiger partial charge in [0, 0.05) is 29.4 Å². The largest absolute Gasteiger partial charge is 0.399 e. The van der Waals surface area contributed by atoms with E-state index >= 15 is 0 Å². The van der Waals surface area contributed by atoms with Gasteiger partial charge in [-0.05, 0) is 52.7 Å². The average Bonchev–Trinajstić information content (AvgIpc) is 2.37. The Morgan fingerprint density at radius 3 is 2.72 bits per heavy atom. The Balaban J connectivity index is 2.17. The Labute approximate surface area is 116 Å². The van der Waals surface area contributed by atoms with E-state index in [9.17, 15) is 0 Å². The van der Waals surface area contributed by atoms with Crippen LogP contribution < -0.4 is 10.6 Å². The van der Waals surface area contributed by atoms with Crippen LogP contribution in [0, 0.1) is 0 Å². The van der Waals surface area contributed by atoms with Gasteiger partial charge in [0.25, 0.3) is 0 Å². The zero-order valence-electron chi connectivity index (χ0n) is 10.3. The second-order valence-corrected chi connectivity index (χ2v) is 5.01. The molecule has 2 rings (SSSR count). The first-order chi connectivity index (χ1) is 8.69. The van der Waals surface area contributed by atoms with Gasteiger partial charge in [0.1, 0.15) is 5.82 Å². The van der Waals surface area contributed by atoms with Crippen molar-refractivity contribution in [2.45, 2.75) is 13.5 Å². The molecule has 0 aliphatic carbocycles. The molecule has 1 aromatic heterocycles. The van der Waals surface area contributed by atoms with Crippen LogP contribution >= 0.6 is 15.9 Å². The molecule has 0 bridgehead atoms. The van der Waals surface area contributed by atoms with Crippen LogP contribution in [0.15, 0.2) is 47.1 Å². The number of halogens is 1. The molecule has 2 aromatic rings. The Hall–Kier alpha value is -1.55. The van der Waals surface area contributed by atoms with Crippen molar-refractivity contribution >= 4 is 27.4 Å². The molecule has 0 unspecified atom stereocenters. The van der Waals surface area contributed by atoms with E-state index < -0.39 is 0 Å². The molecule has 4 heteroatoms. The molecule has 0 atom stereocenters. The quantitative estimate of drug-likeness (QED) is 0.880. The van der Waals surface area contributed by atoms with Crippen molar-refractivity contribution in [2.75, 3.05) is 17.2 Å². The first kappa shape index (κ1) is 12.9. The minimum Gasteiger partial charge on any atom is -0.399 e. The van der Waals surface area contributed by atoms with Crippen molar-refractivity contribution in [1.29, 1.82) is 0 Å². The average molecular weight is 306 g/mol. The van der Waals surface area contributed by atoms with Gasteiger partial charge in [-0.1, -0.05) is 12.1 Å². The lowest BCUT2D eigenvalue weighted by Gasteiger charge is -2.22. The highest BCUT2D eigenvalue weighted by Gasteiger charge is 2.06. The maximum Gasteiger partial charge on any atom is 0.128 e. The molecule has 0 saturated carbocycles. The van der Waals surface area contributed by atoms with Gasteiger partial charge in [-0.2, -0.15) is 0 Å². The lowest BCUT2D eigenvalue weighted by atomic mass is 10.2. The predicted octanol–water partition coefficient (Wildman–Crippen LogP) is 3.45. The lowest BCUT2D eigenvalue weighted by Crippen LogP contribution is -2.22. The number of rotatable bonds is 4. The highest BCUT2D eigenvalue weighted by Crippen LogP contribution is 2.17. The number of benzene rings is 1. The number of hydrogen-bond acceptors (Lipinski definition) is 3. The second kappa shape index (κ2) is 5.87. The standard InChI is InChI=1S/C14H16BrN3/c1-2-18(14-7-6-12(15)9-17-14)10-11-4-3-5-13(16)8-11/h3-9H,2,10,16H2,1H3. The van der Waals surface area contributed by atoms with E-state index in [1.807, 2.05) is 36.5 Å². The number of anilines is 2. The zero-order valence-corrected chi connectivity index (χ0v) is 11.9. The molecule has 18 heavy (non-hydrogen) atoms. The summed E-state index contributed by atoms with van der Waals surface area (Å²) in [6.45, 7) is 3.84. The number of nitrogen functional groups attached to an aromatic ring is 1. The summed E-state index contributed by atoms with van der Waals surface area (Å²) >= 11 is 3.40. The van der Waals surface area contributed by atoms with Crippen molar-refractivity contribution in [2.24, 2.45) is 0 Å². The van der Waals surface area contributed by atoms with Crippen LogP contribution in [-0.4, -0.2) is 11.5 Å². The summed E-state index contributed by atoms with van der Waals surface area (Å²) in [5.41, 5.74) is 7.79. The third-order valence-electron chi connectivity index (χ3n) is 2.74. The number of pyridine rings is 1. The van der Waals surface area contributed by atoms with Crippen LogP contribution in [0.3, 0.4) is 0 Å². The Morgan fingerprint density at radius 1 is 1.28 bits per heavy atom. The topological polar surface area (TPSA) is 42.1 Å². The molecule has 2 N–H and O–H groups in total. The highest BCUT2D eigenvalue weighted by molar-refractivity contribution is 9.10. The van der Waals surface area contributed by atoms with Crippen LogP contribution in [-0.2, 0) is 6.54 Å². The maximum absolute atomic E-state index is 5.79. The first-order valence-corrected chi connectivity index (χ1v) is 6.69. The van der Waals surface area contributed by atoms with E-state index in [1.54, 1.807) is 0 Å².